The molecule has 0 saturated heterocycles. The van der Waals surface area contributed by atoms with Gasteiger partial charge in [-0.3, -0.25) is 4.79 Å². The number of carbonyl (C=O) groups excluding carboxylic acids is 1. The molecule has 2 aromatic rings. The van der Waals surface area contributed by atoms with E-state index in [1.165, 1.54) is 0 Å². The second-order valence-corrected chi connectivity index (χ2v) is 5.19. The number of rotatable bonds is 6. The van der Waals surface area contributed by atoms with Gasteiger partial charge in [-0.15, -0.1) is 5.92 Å². The van der Waals surface area contributed by atoms with Crippen LogP contribution in [0.2, 0.25) is 0 Å². The molecule has 3 nitrogen and oxygen atoms in total. The first-order valence-electron chi connectivity index (χ1n) is 6.81. The van der Waals surface area contributed by atoms with Gasteiger partial charge in [0, 0.05) is 4.90 Å². The molecule has 0 aliphatic heterocycles. The van der Waals surface area contributed by atoms with Crippen LogP contribution in [0.1, 0.15) is 12.5 Å². The predicted molar refractivity (Wildman–Crippen MR) is 87.5 cm³/mol. The van der Waals surface area contributed by atoms with Crippen LogP contribution in [0.4, 0.5) is 0 Å². The summed E-state index contributed by atoms with van der Waals surface area (Å²) in [6.07, 6.45) is 0.269. The van der Waals surface area contributed by atoms with Gasteiger partial charge in [-0.1, -0.05) is 36.3 Å². The Morgan fingerprint density at radius 3 is 2.50 bits per heavy atom. The quantitative estimate of drug-likeness (QED) is 0.599. The zero-order valence-corrected chi connectivity index (χ0v) is 13.1. The Morgan fingerprint density at radius 1 is 1.09 bits per heavy atom. The summed E-state index contributed by atoms with van der Waals surface area (Å²) in [5, 5.41) is 0. The van der Waals surface area contributed by atoms with E-state index in [1.807, 2.05) is 54.6 Å². The number of ether oxygens (including phenoxy) is 1. The summed E-state index contributed by atoms with van der Waals surface area (Å²) in [7, 11) is 0. The lowest BCUT2D eigenvalue weighted by molar-refractivity contribution is -0.132. The van der Waals surface area contributed by atoms with E-state index in [4.69, 9.17) is 8.92 Å². The molecular weight excluding hydrogens is 296 g/mol. The Morgan fingerprint density at radius 2 is 1.82 bits per heavy atom. The van der Waals surface area contributed by atoms with E-state index in [0.717, 1.165) is 28.3 Å². The Balaban J connectivity index is 1.78. The highest BCUT2D eigenvalue weighted by molar-refractivity contribution is 7.95. The fourth-order valence-corrected chi connectivity index (χ4v) is 2.16. The van der Waals surface area contributed by atoms with Crippen molar-refractivity contribution in [1.29, 1.82) is 0 Å². The first kappa shape index (κ1) is 16.0. The molecule has 2 aromatic carbocycles. The molecule has 0 aliphatic rings. The van der Waals surface area contributed by atoms with Crippen molar-refractivity contribution in [3.8, 4) is 17.6 Å². The highest BCUT2D eigenvalue weighted by Crippen LogP contribution is 2.22. The maximum atomic E-state index is 11.7. The van der Waals surface area contributed by atoms with Gasteiger partial charge in [0.15, 0.2) is 0 Å². The highest BCUT2D eigenvalue weighted by Gasteiger charge is 2.06. The normalized spacial score (nSPS) is 9.50. The lowest BCUT2D eigenvalue weighted by atomic mass is 10.2. The van der Waals surface area contributed by atoms with Crippen molar-refractivity contribution in [3.63, 3.8) is 0 Å². The van der Waals surface area contributed by atoms with Crippen molar-refractivity contribution in [2.24, 2.45) is 0 Å². The first-order chi connectivity index (χ1) is 10.8. The van der Waals surface area contributed by atoms with Crippen LogP contribution >= 0.6 is 12.0 Å². The molecule has 2 rings (SSSR count). The standard InChI is InChI=1S/C18H16O3S/c1-2-3-13-20-16-9-11-17(12-10-16)22-21-18(19)14-15-7-5-4-6-8-15/h4-12H,13-14H2,1H3. The Hall–Kier alpha value is -2.38. The number of hydrogen-bond acceptors (Lipinski definition) is 4. The lowest BCUT2D eigenvalue weighted by Gasteiger charge is -2.05. The van der Waals surface area contributed by atoms with Crippen LogP contribution in [0.3, 0.4) is 0 Å². The summed E-state index contributed by atoms with van der Waals surface area (Å²) in [6, 6.07) is 16.8. The molecule has 0 N–H and O–H groups in total. The summed E-state index contributed by atoms with van der Waals surface area (Å²) in [6.45, 7) is 2.14. The zero-order chi connectivity index (χ0) is 15.6. The van der Waals surface area contributed by atoms with Gasteiger partial charge in [0.25, 0.3) is 0 Å². The Bertz CT molecular complexity index is 654. The van der Waals surface area contributed by atoms with Crippen molar-refractivity contribution in [2.75, 3.05) is 6.61 Å². The third kappa shape index (κ3) is 5.55. The maximum absolute atomic E-state index is 11.7. The molecule has 0 atom stereocenters. The fraction of sp³-hybridized carbons (Fsp3) is 0.167. The van der Waals surface area contributed by atoms with Gasteiger partial charge < -0.3 is 8.92 Å². The van der Waals surface area contributed by atoms with Crippen LogP contribution in [-0.2, 0) is 15.4 Å². The van der Waals surface area contributed by atoms with Crippen molar-refractivity contribution in [2.45, 2.75) is 18.2 Å². The van der Waals surface area contributed by atoms with Gasteiger partial charge in [0.1, 0.15) is 12.4 Å². The van der Waals surface area contributed by atoms with Crippen molar-refractivity contribution in [1.82, 2.24) is 0 Å². The van der Waals surface area contributed by atoms with Gasteiger partial charge in [-0.05, 0) is 36.8 Å². The number of carbonyl (C=O) groups is 1. The molecule has 0 radical (unpaired) electrons. The summed E-state index contributed by atoms with van der Waals surface area (Å²) >= 11 is 1.05. The van der Waals surface area contributed by atoms with Crippen molar-refractivity contribution >= 4 is 18.0 Å². The van der Waals surface area contributed by atoms with E-state index in [-0.39, 0.29) is 12.4 Å². The Kier molecular flexibility index (Phi) is 6.40. The van der Waals surface area contributed by atoms with Gasteiger partial charge in [0.05, 0.1) is 18.5 Å². The van der Waals surface area contributed by atoms with Crippen LogP contribution < -0.4 is 4.74 Å². The average molecular weight is 312 g/mol. The zero-order valence-electron chi connectivity index (χ0n) is 12.2. The molecule has 4 heteroatoms. The highest BCUT2D eigenvalue weighted by atomic mass is 32.2. The molecular formula is C18H16O3S. The monoisotopic (exact) mass is 312 g/mol. The molecule has 0 spiro atoms. The van der Waals surface area contributed by atoms with Crippen molar-refractivity contribution < 1.29 is 13.7 Å². The summed E-state index contributed by atoms with van der Waals surface area (Å²) in [4.78, 5) is 12.6. The van der Waals surface area contributed by atoms with Gasteiger partial charge in [-0.25, -0.2) is 0 Å². The summed E-state index contributed by atoms with van der Waals surface area (Å²) in [5.41, 5.74) is 0.939. The second kappa shape index (κ2) is 8.81. The van der Waals surface area contributed by atoms with Crippen molar-refractivity contribution in [3.05, 3.63) is 60.2 Å². The second-order valence-electron chi connectivity index (χ2n) is 4.39. The molecule has 0 saturated carbocycles. The molecule has 112 valence electrons. The number of benzene rings is 2. The minimum absolute atomic E-state index is 0.269. The third-order valence-corrected chi connectivity index (χ3v) is 3.47. The maximum Gasteiger partial charge on any atom is 0.322 e. The van der Waals surface area contributed by atoms with E-state index >= 15 is 0 Å². The number of hydrogen-bond donors (Lipinski definition) is 0. The van der Waals surface area contributed by atoms with Crippen LogP contribution in [-0.4, -0.2) is 12.6 Å². The molecule has 0 aliphatic carbocycles. The topological polar surface area (TPSA) is 35.5 Å². The largest absolute Gasteiger partial charge is 0.481 e. The molecule has 0 fully saturated rings. The van der Waals surface area contributed by atoms with E-state index in [1.54, 1.807) is 6.92 Å². The summed E-state index contributed by atoms with van der Waals surface area (Å²) in [5.74, 6) is 6.06. The van der Waals surface area contributed by atoms with E-state index in [9.17, 15) is 4.79 Å². The molecule has 0 unspecified atom stereocenters. The first-order valence-corrected chi connectivity index (χ1v) is 7.56. The Labute approximate surface area is 134 Å². The lowest BCUT2D eigenvalue weighted by Crippen LogP contribution is -2.03. The molecule has 0 heterocycles. The van der Waals surface area contributed by atoms with Crippen LogP contribution in [0.15, 0.2) is 59.5 Å². The van der Waals surface area contributed by atoms with E-state index in [0.29, 0.717) is 6.61 Å². The SMILES string of the molecule is CC#CCOc1ccc(SOC(=O)Cc2ccccc2)cc1. The molecule has 22 heavy (non-hydrogen) atoms. The van der Waals surface area contributed by atoms with E-state index < -0.39 is 0 Å². The van der Waals surface area contributed by atoms with Crippen LogP contribution in [0.5, 0.6) is 5.75 Å². The van der Waals surface area contributed by atoms with Gasteiger partial charge in [-0.2, -0.15) is 0 Å². The average Bonchev–Trinajstić information content (AvgIpc) is 2.55. The van der Waals surface area contributed by atoms with Crippen LogP contribution in [0, 0.1) is 11.8 Å². The van der Waals surface area contributed by atoms with Gasteiger partial charge in [0.2, 0.25) is 0 Å². The van der Waals surface area contributed by atoms with E-state index in [2.05, 4.69) is 11.8 Å². The van der Waals surface area contributed by atoms with Crippen LogP contribution in [0.25, 0.3) is 0 Å². The smallest absolute Gasteiger partial charge is 0.322 e. The predicted octanol–water partition coefficient (Wildman–Crippen LogP) is 3.88. The minimum atomic E-state index is -0.269. The molecule has 0 bridgehead atoms. The van der Waals surface area contributed by atoms with Gasteiger partial charge >= 0.3 is 5.97 Å². The molecule has 0 aromatic heterocycles. The fourth-order valence-electron chi connectivity index (χ4n) is 1.67. The summed E-state index contributed by atoms with van der Waals surface area (Å²) < 4.78 is 10.6. The minimum Gasteiger partial charge on any atom is -0.481 e. The third-order valence-electron chi connectivity index (χ3n) is 2.73. The molecule has 0 amide bonds.